The largest absolute Gasteiger partial charge is 0.331 e. The lowest BCUT2D eigenvalue weighted by Crippen LogP contribution is -2.42. The number of amides is 1. The Morgan fingerprint density at radius 2 is 1.86 bits per heavy atom. The van der Waals surface area contributed by atoms with E-state index in [1.54, 1.807) is 12.1 Å². The highest BCUT2D eigenvalue weighted by atomic mass is 35.5. The van der Waals surface area contributed by atoms with Gasteiger partial charge in [0.1, 0.15) is 0 Å². The first-order chi connectivity index (χ1) is 13.5. The van der Waals surface area contributed by atoms with Gasteiger partial charge in [0.25, 0.3) is 11.6 Å². The van der Waals surface area contributed by atoms with Crippen LogP contribution in [-0.2, 0) is 0 Å². The van der Waals surface area contributed by atoms with Crippen LogP contribution in [0.5, 0.6) is 0 Å². The predicted molar refractivity (Wildman–Crippen MR) is 116 cm³/mol. The van der Waals surface area contributed by atoms with Crippen molar-refractivity contribution in [2.24, 2.45) is 0 Å². The molecule has 1 N–H and O–H groups in total. The number of halogens is 1. The van der Waals surface area contributed by atoms with Crippen LogP contribution in [0.4, 0.5) is 5.69 Å². The van der Waals surface area contributed by atoms with E-state index < -0.39 is 4.92 Å². The molecule has 2 bridgehead atoms. The van der Waals surface area contributed by atoms with Gasteiger partial charge in [-0.2, -0.15) is 0 Å². The molecular weight excluding hydrogens is 410 g/mol. The number of aryl methyl sites for hydroxylation is 1. The molecule has 1 amide bonds. The van der Waals surface area contributed by atoms with Crippen molar-refractivity contribution < 1.29 is 9.72 Å². The Kier molecular flexibility index (Phi) is 6.82. The van der Waals surface area contributed by atoms with E-state index in [4.69, 9.17) is 0 Å². The maximum atomic E-state index is 13.2. The summed E-state index contributed by atoms with van der Waals surface area (Å²) >= 11 is 1.35. The molecule has 0 aliphatic carbocycles. The second-order valence-electron chi connectivity index (χ2n) is 7.44. The summed E-state index contributed by atoms with van der Waals surface area (Å²) in [6.07, 6.45) is 2.94. The van der Waals surface area contributed by atoms with Crippen LogP contribution in [0.1, 0.15) is 35.2 Å². The average molecular weight is 434 g/mol. The van der Waals surface area contributed by atoms with Crippen molar-refractivity contribution in [3.05, 3.63) is 63.7 Å². The molecule has 0 aromatic heterocycles. The summed E-state index contributed by atoms with van der Waals surface area (Å²) in [6, 6.07) is 13.1. The number of hydrogen-bond acceptors (Lipinski definition) is 5. The van der Waals surface area contributed by atoms with Gasteiger partial charge < -0.3 is 10.2 Å². The van der Waals surface area contributed by atoms with Gasteiger partial charge in [-0.25, -0.2) is 0 Å². The quantitative estimate of drug-likeness (QED) is 0.569. The third-order valence-corrected chi connectivity index (χ3v) is 6.61. The number of benzene rings is 2. The van der Waals surface area contributed by atoms with Crippen LogP contribution in [0.25, 0.3) is 0 Å². The molecule has 0 saturated carbocycles. The zero-order chi connectivity index (χ0) is 19.7. The van der Waals surface area contributed by atoms with E-state index in [2.05, 4.69) is 5.32 Å². The van der Waals surface area contributed by atoms with Crippen molar-refractivity contribution >= 4 is 35.8 Å². The third kappa shape index (κ3) is 4.57. The average Bonchev–Trinajstić information content (AvgIpc) is 2.95. The fourth-order valence-corrected chi connectivity index (χ4v) is 4.98. The van der Waals surface area contributed by atoms with Gasteiger partial charge in [0.2, 0.25) is 0 Å². The molecule has 154 valence electrons. The lowest BCUT2D eigenvalue weighted by Gasteiger charge is -2.28. The van der Waals surface area contributed by atoms with Crippen molar-refractivity contribution in [1.82, 2.24) is 10.2 Å². The molecule has 0 radical (unpaired) electrons. The summed E-state index contributed by atoms with van der Waals surface area (Å²) in [5, 5.41) is 15.0. The van der Waals surface area contributed by atoms with E-state index >= 15 is 0 Å². The lowest BCUT2D eigenvalue weighted by molar-refractivity contribution is -0.387. The van der Waals surface area contributed by atoms with Gasteiger partial charge in [-0.3, -0.25) is 14.9 Å². The van der Waals surface area contributed by atoms with Gasteiger partial charge in [-0.1, -0.05) is 29.5 Å². The van der Waals surface area contributed by atoms with Crippen LogP contribution in [0.2, 0.25) is 0 Å². The number of nitro benzene ring substituents is 1. The molecule has 2 aromatic rings. The zero-order valence-electron chi connectivity index (χ0n) is 16.2. The molecule has 2 aliphatic rings. The maximum Gasteiger partial charge on any atom is 0.284 e. The van der Waals surface area contributed by atoms with E-state index in [9.17, 15) is 14.9 Å². The Morgan fingerprint density at radius 3 is 2.59 bits per heavy atom. The summed E-state index contributed by atoms with van der Waals surface area (Å²) < 4.78 is 0. The number of rotatable bonds is 4. The highest BCUT2D eigenvalue weighted by Crippen LogP contribution is 2.37. The summed E-state index contributed by atoms with van der Waals surface area (Å²) in [6.45, 7) is 3.71. The summed E-state index contributed by atoms with van der Waals surface area (Å²) in [5.74, 6) is -0.0915. The molecule has 2 saturated heterocycles. The van der Waals surface area contributed by atoms with Crippen molar-refractivity contribution in [1.29, 1.82) is 0 Å². The van der Waals surface area contributed by atoms with E-state index in [1.165, 1.54) is 17.8 Å². The Hall–Kier alpha value is -2.09. The topological polar surface area (TPSA) is 75.5 Å². The maximum absolute atomic E-state index is 13.2. The van der Waals surface area contributed by atoms with E-state index in [0.717, 1.165) is 42.8 Å². The smallest absolute Gasteiger partial charge is 0.284 e. The highest BCUT2D eigenvalue weighted by Gasteiger charge is 2.38. The lowest BCUT2D eigenvalue weighted by atomic mass is 10.1. The Morgan fingerprint density at radius 1 is 1.14 bits per heavy atom. The summed E-state index contributed by atoms with van der Waals surface area (Å²) in [7, 11) is 0. The van der Waals surface area contributed by atoms with Crippen molar-refractivity contribution in [3.8, 4) is 0 Å². The van der Waals surface area contributed by atoms with Crippen molar-refractivity contribution in [3.63, 3.8) is 0 Å². The molecule has 2 aromatic carbocycles. The summed E-state index contributed by atoms with van der Waals surface area (Å²) in [4.78, 5) is 27.9. The normalized spacial score (nSPS) is 20.7. The minimum absolute atomic E-state index is 0. The number of hydrogen-bond donors (Lipinski definition) is 1. The highest BCUT2D eigenvalue weighted by molar-refractivity contribution is 7.99. The molecule has 6 nitrogen and oxygen atoms in total. The molecule has 2 fully saturated rings. The first-order valence-electron chi connectivity index (χ1n) is 9.59. The van der Waals surface area contributed by atoms with Gasteiger partial charge in [0.05, 0.1) is 9.82 Å². The van der Waals surface area contributed by atoms with Crippen LogP contribution < -0.4 is 5.32 Å². The zero-order valence-corrected chi connectivity index (χ0v) is 17.8. The van der Waals surface area contributed by atoms with Crippen LogP contribution in [0, 0.1) is 17.0 Å². The fourth-order valence-electron chi connectivity index (χ4n) is 4.08. The minimum atomic E-state index is -0.397. The van der Waals surface area contributed by atoms with Gasteiger partial charge in [-0.15, -0.1) is 12.4 Å². The molecule has 2 atom stereocenters. The van der Waals surface area contributed by atoms with Crippen LogP contribution in [-0.4, -0.2) is 40.9 Å². The second kappa shape index (κ2) is 9.15. The molecule has 4 rings (SSSR count). The number of nitrogens with zero attached hydrogens (tertiary/aromatic N) is 2. The number of nitrogens with one attached hydrogen (secondary N) is 1. The van der Waals surface area contributed by atoms with E-state index in [0.29, 0.717) is 10.5 Å². The Labute approximate surface area is 180 Å². The fraction of sp³-hybridized carbons (Fsp3) is 0.381. The monoisotopic (exact) mass is 433 g/mol. The van der Waals surface area contributed by atoms with Crippen LogP contribution in [0.15, 0.2) is 52.3 Å². The van der Waals surface area contributed by atoms with Crippen molar-refractivity contribution in [2.75, 3.05) is 13.1 Å². The molecular formula is C21H24ClN3O3S. The number of nitro groups is 1. The number of carbonyl (C=O) groups is 1. The van der Waals surface area contributed by atoms with Gasteiger partial charge in [0, 0.05) is 35.2 Å². The van der Waals surface area contributed by atoms with E-state index in [-0.39, 0.29) is 36.1 Å². The minimum Gasteiger partial charge on any atom is -0.331 e. The summed E-state index contributed by atoms with van der Waals surface area (Å²) in [5.41, 5.74) is 1.52. The first kappa shape index (κ1) is 21.6. The van der Waals surface area contributed by atoms with Crippen LogP contribution in [0.3, 0.4) is 0 Å². The number of carbonyl (C=O) groups excluding carboxylic acids is 1. The molecule has 8 heteroatoms. The first-order valence-corrected chi connectivity index (χ1v) is 10.4. The molecule has 0 spiro atoms. The predicted octanol–water partition coefficient (Wildman–Crippen LogP) is 4.44. The Balaban J connectivity index is 0.00000240. The molecule has 2 heterocycles. The molecule has 29 heavy (non-hydrogen) atoms. The van der Waals surface area contributed by atoms with Gasteiger partial charge in [0.15, 0.2) is 0 Å². The van der Waals surface area contributed by atoms with Gasteiger partial charge in [-0.05, 0) is 57.0 Å². The number of fused-ring (bicyclic) bond motifs is 2. The van der Waals surface area contributed by atoms with Gasteiger partial charge >= 0.3 is 0 Å². The third-order valence-electron chi connectivity index (χ3n) is 5.54. The Bertz CT molecular complexity index is 893. The van der Waals surface area contributed by atoms with E-state index in [1.807, 2.05) is 36.1 Å². The second-order valence-corrected chi connectivity index (χ2v) is 8.56. The molecule has 2 aliphatic heterocycles. The standard InChI is InChI=1S/C21H23N3O3S.ClH/c1-14-2-7-18(8-3-14)28-20-9-4-15(12-19(20)24(26)27)21(25)23-16-5-6-17(23)13-22-11-10-16;/h2-4,7-9,12,16-17,22H,5-6,10-11,13H2,1H3;1H. The van der Waals surface area contributed by atoms with Crippen molar-refractivity contribution in [2.45, 2.75) is 48.1 Å². The SMILES string of the molecule is Cc1ccc(Sc2ccc(C(=O)N3C4CCNCC3CC4)cc2[N+](=O)[O-])cc1.Cl. The molecule has 2 unspecified atom stereocenters. The van der Waals surface area contributed by atoms with Crippen LogP contribution >= 0.6 is 24.2 Å².